The lowest BCUT2D eigenvalue weighted by atomic mass is 9.33. The number of allylic oxidation sites excluding steroid dienone is 2. The molecule has 14 N–H and O–H groups in total. The third-order valence-corrected chi connectivity index (χ3v) is 21.4. The highest BCUT2D eigenvalue weighted by Crippen LogP contribution is 2.75. The Bertz CT molecular complexity index is 2370. The summed E-state index contributed by atoms with van der Waals surface area (Å²) in [5.41, 5.74) is -2.36. The molecule has 4 saturated heterocycles. The zero-order valence-electron chi connectivity index (χ0n) is 45.9. The van der Waals surface area contributed by atoms with E-state index in [4.69, 9.17) is 37.9 Å². The minimum atomic E-state index is -2.33. The number of carbonyl (C=O) groups is 4. The van der Waals surface area contributed by atoms with Gasteiger partial charge in [-0.1, -0.05) is 47.1 Å². The summed E-state index contributed by atoms with van der Waals surface area (Å²) >= 11 is 0. The molecule has 26 heteroatoms. The zero-order chi connectivity index (χ0) is 58.9. The molecule has 0 unspecified atom stereocenters. The lowest BCUT2D eigenvalue weighted by Gasteiger charge is -2.70. The fraction of sp³-hybridized carbons (Fsp3) is 0.889. The van der Waals surface area contributed by atoms with E-state index in [1.807, 2.05) is 26.8 Å². The van der Waals surface area contributed by atoms with Crippen molar-refractivity contribution in [3.8, 4) is 0 Å². The van der Waals surface area contributed by atoms with Crippen molar-refractivity contribution in [3.63, 3.8) is 0 Å². The normalized spacial score (nSPS) is 53.0. The average Bonchev–Trinajstić information content (AvgIpc) is 3.41. The maximum absolute atomic E-state index is 15.0. The second kappa shape index (κ2) is 21.8. The molecular weight excluding hydrogens is 1060 g/mol. The van der Waals surface area contributed by atoms with E-state index in [0.717, 1.165) is 24.8 Å². The number of aliphatic carboxylic acids is 3. The van der Waals surface area contributed by atoms with E-state index in [-0.39, 0.29) is 29.5 Å². The molecule has 454 valence electrons. The Hall–Kier alpha value is -2.94. The van der Waals surface area contributed by atoms with Gasteiger partial charge in [0, 0.05) is 5.92 Å². The van der Waals surface area contributed by atoms with Gasteiger partial charge >= 0.3 is 17.9 Å². The number of carbonyl (C=O) groups excluding carboxylic acids is 1. The summed E-state index contributed by atoms with van der Waals surface area (Å²) in [4.78, 5) is 53.0. The minimum Gasteiger partial charge on any atom is -0.481 e. The molecule has 0 bridgehead atoms. The van der Waals surface area contributed by atoms with Crippen LogP contribution in [0, 0.1) is 50.2 Å². The van der Waals surface area contributed by atoms with E-state index in [0.29, 0.717) is 32.1 Å². The average molecular weight is 1150 g/mol. The van der Waals surface area contributed by atoms with Gasteiger partial charge in [0.25, 0.3) is 0 Å². The molecule has 4 heterocycles. The first-order valence-corrected chi connectivity index (χ1v) is 27.8. The first kappa shape index (κ1) is 61.6. The highest BCUT2D eigenvalue weighted by Gasteiger charge is 2.71. The lowest BCUT2D eigenvalue weighted by molar-refractivity contribution is -0.390. The number of ether oxygens (including phenoxy) is 8. The molecule has 29 atom stereocenters. The number of aliphatic hydroxyl groups excluding tert-OH is 11. The quantitative estimate of drug-likeness (QED) is 0.0878. The summed E-state index contributed by atoms with van der Waals surface area (Å²) in [7, 11) is 0. The number of ketones is 1. The van der Waals surface area contributed by atoms with Crippen LogP contribution < -0.4 is 0 Å². The largest absolute Gasteiger partial charge is 0.481 e. The van der Waals surface area contributed by atoms with Gasteiger partial charge in [-0.2, -0.15) is 0 Å². The number of hydrogen-bond acceptors (Lipinski definition) is 23. The van der Waals surface area contributed by atoms with Gasteiger partial charge in [0.05, 0.1) is 24.7 Å². The van der Waals surface area contributed by atoms with Crippen LogP contribution in [-0.2, 0) is 57.1 Å². The van der Waals surface area contributed by atoms with Crippen LogP contribution in [0.2, 0.25) is 0 Å². The number of rotatable bonds is 13. The number of carboxylic acids is 3. The van der Waals surface area contributed by atoms with Crippen molar-refractivity contribution >= 4 is 23.7 Å². The molecule has 8 fully saturated rings. The molecule has 0 spiro atoms. The molecular formula is C54H82O26. The van der Waals surface area contributed by atoms with Crippen molar-refractivity contribution in [2.75, 3.05) is 13.2 Å². The summed E-state index contributed by atoms with van der Waals surface area (Å²) < 4.78 is 46.3. The second-order valence-corrected chi connectivity index (χ2v) is 26.2. The van der Waals surface area contributed by atoms with E-state index in [9.17, 15) is 85.9 Å². The highest BCUT2D eigenvalue weighted by atomic mass is 16.8. The minimum absolute atomic E-state index is 0.00275. The molecule has 0 aromatic rings. The predicted molar refractivity (Wildman–Crippen MR) is 265 cm³/mol. The van der Waals surface area contributed by atoms with Gasteiger partial charge in [0.1, 0.15) is 85.5 Å². The van der Waals surface area contributed by atoms with Crippen LogP contribution in [0.1, 0.15) is 106 Å². The predicted octanol–water partition coefficient (Wildman–Crippen LogP) is -2.11. The van der Waals surface area contributed by atoms with Gasteiger partial charge in [-0.3, -0.25) is 9.59 Å². The fourth-order valence-electron chi connectivity index (χ4n) is 16.3. The van der Waals surface area contributed by atoms with E-state index >= 15 is 4.79 Å². The number of fused-ring (bicyclic) bond motifs is 7. The fourth-order valence-corrected chi connectivity index (χ4v) is 16.3. The summed E-state index contributed by atoms with van der Waals surface area (Å²) in [6.07, 6.45) is -34.0. The Kier molecular flexibility index (Phi) is 16.8. The van der Waals surface area contributed by atoms with E-state index < -0.39 is 193 Å². The zero-order valence-corrected chi connectivity index (χ0v) is 45.9. The van der Waals surface area contributed by atoms with Crippen molar-refractivity contribution in [2.24, 2.45) is 50.2 Å². The topological polar surface area (TPSA) is 425 Å². The van der Waals surface area contributed by atoms with E-state index in [2.05, 4.69) is 27.7 Å². The number of aliphatic hydroxyl groups is 11. The molecule has 9 rings (SSSR count). The van der Waals surface area contributed by atoms with Crippen LogP contribution in [0.4, 0.5) is 0 Å². The Labute approximate surface area is 461 Å². The molecule has 4 saturated carbocycles. The Balaban J connectivity index is 0.919. The first-order chi connectivity index (χ1) is 37.2. The number of carboxylic acid groups (broad SMARTS) is 3. The molecule has 80 heavy (non-hydrogen) atoms. The third kappa shape index (κ3) is 9.79. The lowest BCUT2D eigenvalue weighted by Crippen LogP contribution is -2.68. The van der Waals surface area contributed by atoms with Gasteiger partial charge in [-0.15, -0.1) is 0 Å². The molecule has 5 aliphatic carbocycles. The van der Waals surface area contributed by atoms with Crippen LogP contribution in [0.15, 0.2) is 11.6 Å². The van der Waals surface area contributed by atoms with Crippen molar-refractivity contribution in [2.45, 2.75) is 235 Å². The van der Waals surface area contributed by atoms with Gasteiger partial charge < -0.3 is 109 Å². The van der Waals surface area contributed by atoms with Gasteiger partial charge in [0.2, 0.25) is 0 Å². The Morgan fingerprint density at radius 2 is 1.07 bits per heavy atom. The SMILES string of the molecule is CC1(C)[C@@H](O[C@@H]2O[C@H](C(=O)O)[C@@H](O)[C@H](O)[C@H]2O[C@@H]2O[C@H](C(=O)O)[C@@H](O[C@H]3O[C@H](CO)[C@@H](O[C@H]4O[C@H](CO)[C@@H](O)[C@H](O)[C@H]4O)[C@H](O)[C@H]3O)[C@H](O)[C@H]2O)CC[C@]2(C)[C@H]3C(=O)C=C4[C@@H]5C[C@](C)(C(=O)O)CC[C@]5(C)CC[C@@]4(C)[C@]3(C)CC[C@@H]12. The second-order valence-electron chi connectivity index (χ2n) is 26.2. The summed E-state index contributed by atoms with van der Waals surface area (Å²) in [6.45, 7) is 12.7. The summed E-state index contributed by atoms with van der Waals surface area (Å²) in [5, 5.41) is 150. The van der Waals surface area contributed by atoms with Crippen molar-refractivity contribution < 1.29 is 129 Å². The highest BCUT2D eigenvalue weighted by molar-refractivity contribution is 5.95. The van der Waals surface area contributed by atoms with Crippen molar-refractivity contribution in [1.82, 2.24) is 0 Å². The molecule has 0 aromatic carbocycles. The molecule has 0 amide bonds. The number of hydrogen-bond donors (Lipinski definition) is 14. The molecule has 4 aliphatic heterocycles. The van der Waals surface area contributed by atoms with Crippen LogP contribution in [0.5, 0.6) is 0 Å². The standard InChI is InChI=1S/C54H82O26/c1-49(2)25-8-11-54(7)41(22(57)16-20-21-17-51(4,48(71)72)13-12-50(21,3)14-15-53(20,54)6)52(25,5)10-9-26(49)75-47-39(30(61)29(60)38(78-47)42(67)68)79-46-35(66)32(63)37(40(80-46)43(69)70)77-45-34(65)31(62)36(24(19-56)74-45)76-44-33(64)28(59)27(58)23(18-55)73-44/h16,21,23-41,44-47,55-56,58-66H,8-15,17-19H2,1-7H3,(H,67,68)(H,69,70)(H,71,72)/t21-,23+,24+,25-,26-,27+,28-,29-,30-,31+,32+,33+,34+,35+,36+,37-,38-,39+,40-,41+,44+,45+,46+,47+,50+,51+,52-,53+,54+/m0/s1. The van der Waals surface area contributed by atoms with E-state index in [1.165, 1.54) is 0 Å². The van der Waals surface area contributed by atoms with Gasteiger partial charge in [-0.05, 0) is 110 Å². The smallest absolute Gasteiger partial charge is 0.335 e. The molecule has 0 radical (unpaired) electrons. The monoisotopic (exact) mass is 1150 g/mol. The van der Waals surface area contributed by atoms with Crippen molar-refractivity contribution in [3.05, 3.63) is 11.6 Å². The van der Waals surface area contributed by atoms with Gasteiger partial charge in [0.15, 0.2) is 43.2 Å². The maximum atomic E-state index is 15.0. The molecule has 0 aromatic heterocycles. The summed E-state index contributed by atoms with van der Waals surface area (Å²) in [6, 6.07) is 0. The molecule has 9 aliphatic rings. The third-order valence-electron chi connectivity index (χ3n) is 21.4. The van der Waals surface area contributed by atoms with E-state index in [1.54, 1.807) is 0 Å². The van der Waals surface area contributed by atoms with Crippen LogP contribution >= 0.6 is 0 Å². The molecule has 26 nitrogen and oxygen atoms in total. The maximum Gasteiger partial charge on any atom is 0.335 e. The Morgan fingerprint density at radius 3 is 1.68 bits per heavy atom. The van der Waals surface area contributed by atoms with Crippen molar-refractivity contribution in [1.29, 1.82) is 0 Å². The Morgan fingerprint density at radius 1 is 0.550 bits per heavy atom. The van der Waals surface area contributed by atoms with Gasteiger partial charge in [-0.25, -0.2) is 9.59 Å². The first-order valence-electron chi connectivity index (χ1n) is 27.8. The van der Waals surface area contributed by atoms with Crippen LogP contribution in [0.25, 0.3) is 0 Å². The van der Waals surface area contributed by atoms with Crippen LogP contribution in [0.3, 0.4) is 0 Å². The summed E-state index contributed by atoms with van der Waals surface area (Å²) in [5.74, 6) is -5.09. The van der Waals surface area contributed by atoms with Crippen LogP contribution in [-0.4, -0.2) is 237 Å².